The monoisotopic (exact) mass is 499 g/mol. The van der Waals surface area contributed by atoms with Crippen LogP contribution in [0.1, 0.15) is 30.4 Å². The van der Waals surface area contributed by atoms with Gasteiger partial charge in [-0.25, -0.2) is 0 Å². The van der Waals surface area contributed by atoms with Gasteiger partial charge in [0.15, 0.2) is 0 Å². The van der Waals surface area contributed by atoms with Gasteiger partial charge in [0.2, 0.25) is 0 Å². The third-order valence-electron chi connectivity index (χ3n) is 7.27. The lowest BCUT2D eigenvalue weighted by atomic mass is 9.93. The zero-order chi connectivity index (χ0) is 25.3. The maximum absolute atomic E-state index is 11.6. The van der Waals surface area contributed by atoms with Gasteiger partial charge in [-0.2, -0.15) is 5.10 Å². The molecule has 1 aromatic heterocycles. The summed E-state index contributed by atoms with van der Waals surface area (Å²) in [7, 11) is 4.09. The van der Waals surface area contributed by atoms with Crippen LogP contribution in [0.2, 0.25) is 5.02 Å². The molecule has 1 saturated carbocycles. The predicted molar refractivity (Wildman–Crippen MR) is 146 cm³/mol. The van der Waals surface area contributed by atoms with Gasteiger partial charge in [0.1, 0.15) is 5.82 Å². The van der Waals surface area contributed by atoms with Crippen LogP contribution in [-0.2, 0) is 23.7 Å². The van der Waals surface area contributed by atoms with Crippen molar-refractivity contribution in [2.75, 3.05) is 18.5 Å². The Balaban J connectivity index is 1.28. The number of hydrogen-bond acceptors (Lipinski definition) is 3. The molecule has 0 aliphatic heterocycles. The van der Waals surface area contributed by atoms with Crippen molar-refractivity contribution in [3.05, 3.63) is 95.1 Å². The van der Waals surface area contributed by atoms with Crippen LogP contribution in [0.3, 0.4) is 0 Å². The van der Waals surface area contributed by atoms with Gasteiger partial charge in [-0.3, -0.25) is 9.48 Å². The summed E-state index contributed by atoms with van der Waals surface area (Å²) in [5.74, 6) is 0.369. The molecule has 36 heavy (non-hydrogen) atoms. The van der Waals surface area contributed by atoms with Crippen LogP contribution in [0.15, 0.2) is 79.0 Å². The van der Waals surface area contributed by atoms with Crippen molar-refractivity contribution in [3.8, 4) is 22.3 Å². The molecule has 5 rings (SSSR count). The second kappa shape index (κ2) is 9.82. The Bertz CT molecular complexity index is 1360. The van der Waals surface area contributed by atoms with Crippen molar-refractivity contribution in [2.24, 2.45) is 7.05 Å². The first-order valence-electron chi connectivity index (χ1n) is 12.3. The number of nitrogens with zero attached hydrogens (tertiary/aromatic N) is 3. The molecular weight excluding hydrogens is 470 g/mol. The number of aromatic nitrogens is 2. The molecule has 1 N–H and O–H groups in total. The SMILES string of the molecule is CN(CCCc1ccc(Cl)cc1)c1c(-c2ccc(-c3ccc(C4(C(=O)O)CC4)cc3)cc2)cnn1C. The van der Waals surface area contributed by atoms with Gasteiger partial charge in [-0.1, -0.05) is 72.3 Å². The van der Waals surface area contributed by atoms with E-state index < -0.39 is 11.4 Å². The van der Waals surface area contributed by atoms with E-state index in [1.54, 1.807) is 0 Å². The van der Waals surface area contributed by atoms with Crippen LogP contribution in [-0.4, -0.2) is 34.4 Å². The van der Waals surface area contributed by atoms with Crippen LogP contribution < -0.4 is 4.90 Å². The Labute approximate surface area is 217 Å². The van der Waals surface area contributed by atoms with E-state index in [1.807, 2.05) is 54.3 Å². The molecule has 0 radical (unpaired) electrons. The highest BCUT2D eigenvalue weighted by Crippen LogP contribution is 2.48. The maximum Gasteiger partial charge on any atom is 0.314 e. The molecule has 6 heteroatoms. The standard InChI is InChI=1S/C30H30ClN3O2/c1-33(19-3-4-21-5-15-26(31)16-6-21)28-27(20-32-34(28)2)24-9-7-22(8-10-24)23-11-13-25(14-12-23)30(17-18-30)29(35)36/h5-16,20H,3-4,17-19H2,1-2H3,(H,35,36). The molecule has 0 atom stereocenters. The number of carboxylic acids is 1. The third kappa shape index (κ3) is 4.76. The third-order valence-corrected chi connectivity index (χ3v) is 7.52. The van der Waals surface area contributed by atoms with Gasteiger partial charge in [0.05, 0.1) is 11.6 Å². The number of anilines is 1. The number of carboxylic acid groups (broad SMARTS) is 1. The molecule has 0 saturated heterocycles. The second-order valence-corrected chi connectivity index (χ2v) is 10.1. The topological polar surface area (TPSA) is 58.4 Å². The highest BCUT2D eigenvalue weighted by Gasteiger charge is 2.51. The van der Waals surface area contributed by atoms with E-state index in [2.05, 4.69) is 53.4 Å². The maximum atomic E-state index is 11.6. The minimum Gasteiger partial charge on any atom is -0.481 e. The average Bonchev–Trinajstić information content (AvgIpc) is 3.62. The fourth-order valence-corrected chi connectivity index (χ4v) is 5.07. The van der Waals surface area contributed by atoms with Crippen LogP contribution in [0.25, 0.3) is 22.3 Å². The summed E-state index contributed by atoms with van der Waals surface area (Å²) < 4.78 is 1.93. The molecule has 1 aliphatic carbocycles. The molecule has 184 valence electrons. The van der Waals surface area contributed by atoms with Crippen LogP contribution >= 0.6 is 11.6 Å². The molecule has 1 fully saturated rings. The van der Waals surface area contributed by atoms with Crippen molar-refractivity contribution in [2.45, 2.75) is 31.1 Å². The van der Waals surface area contributed by atoms with E-state index in [4.69, 9.17) is 11.6 Å². The lowest BCUT2D eigenvalue weighted by Gasteiger charge is -2.21. The summed E-state index contributed by atoms with van der Waals surface area (Å²) in [6.07, 6.45) is 5.39. The van der Waals surface area contributed by atoms with Crippen LogP contribution in [0, 0.1) is 0 Å². The molecule has 0 spiro atoms. The minimum absolute atomic E-state index is 0.667. The first-order chi connectivity index (χ1) is 17.4. The van der Waals surface area contributed by atoms with Crippen LogP contribution in [0.5, 0.6) is 0 Å². The number of carbonyl (C=O) groups is 1. The average molecular weight is 500 g/mol. The normalized spacial score (nSPS) is 14.0. The summed E-state index contributed by atoms with van der Waals surface area (Å²) >= 11 is 6.00. The zero-order valence-electron chi connectivity index (χ0n) is 20.6. The lowest BCUT2D eigenvalue weighted by molar-refractivity contribution is -0.140. The van der Waals surface area contributed by atoms with Crippen molar-refractivity contribution >= 4 is 23.4 Å². The fraction of sp³-hybridized carbons (Fsp3) is 0.267. The van der Waals surface area contributed by atoms with Gasteiger partial charge in [0, 0.05) is 31.2 Å². The molecule has 0 amide bonds. The molecule has 0 bridgehead atoms. The molecule has 0 unspecified atom stereocenters. The van der Waals surface area contributed by atoms with E-state index in [9.17, 15) is 9.90 Å². The van der Waals surface area contributed by atoms with E-state index in [-0.39, 0.29) is 0 Å². The number of halogens is 1. The molecule has 5 nitrogen and oxygen atoms in total. The summed E-state index contributed by atoms with van der Waals surface area (Å²) in [5, 5.41) is 14.8. The van der Waals surface area contributed by atoms with Gasteiger partial charge < -0.3 is 10.0 Å². The quantitative estimate of drug-likeness (QED) is 0.282. The Kier molecular flexibility index (Phi) is 6.59. The van der Waals surface area contributed by atoms with Gasteiger partial charge in [0.25, 0.3) is 0 Å². The first kappa shape index (κ1) is 24.1. The Morgan fingerprint density at radius 3 is 2.14 bits per heavy atom. The fourth-order valence-electron chi connectivity index (χ4n) is 4.94. The zero-order valence-corrected chi connectivity index (χ0v) is 21.4. The number of aliphatic carboxylic acids is 1. The smallest absolute Gasteiger partial charge is 0.314 e. The Morgan fingerprint density at radius 1 is 0.972 bits per heavy atom. The second-order valence-electron chi connectivity index (χ2n) is 9.70. The number of hydrogen-bond donors (Lipinski definition) is 1. The minimum atomic E-state index is -0.721. The summed E-state index contributed by atoms with van der Waals surface area (Å²) in [6, 6.07) is 24.5. The summed E-state index contributed by atoms with van der Waals surface area (Å²) in [4.78, 5) is 13.9. The Morgan fingerprint density at radius 2 is 1.56 bits per heavy atom. The van der Waals surface area contributed by atoms with E-state index in [0.29, 0.717) is 0 Å². The van der Waals surface area contributed by atoms with Gasteiger partial charge in [-0.15, -0.1) is 0 Å². The van der Waals surface area contributed by atoms with Crippen LogP contribution in [0.4, 0.5) is 5.82 Å². The number of benzene rings is 3. The molecular formula is C30H30ClN3O2. The largest absolute Gasteiger partial charge is 0.481 e. The summed E-state index contributed by atoms with van der Waals surface area (Å²) in [6.45, 7) is 0.914. The molecule has 4 aromatic rings. The highest BCUT2D eigenvalue weighted by atomic mass is 35.5. The highest BCUT2D eigenvalue weighted by molar-refractivity contribution is 6.30. The Hall–Kier alpha value is -3.57. The number of rotatable bonds is 9. The van der Waals surface area contributed by atoms with Crippen molar-refractivity contribution < 1.29 is 9.90 Å². The van der Waals surface area contributed by atoms with Gasteiger partial charge >= 0.3 is 5.97 Å². The van der Waals surface area contributed by atoms with E-state index in [1.165, 1.54) is 5.56 Å². The predicted octanol–water partition coefficient (Wildman–Crippen LogP) is 6.59. The van der Waals surface area contributed by atoms with Crippen molar-refractivity contribution in [1.82, 2.24) is 9.78 Å². The van der Waals surface area contributed by atoms with Gasteiger partial charge in [-0.05, 0) is 65.6 Å². The first-order valence-corrected chi connectivity index (χ1v) is 12.7. The van der Waals surface area contributed by atoms with Crippen molar-refractivity contribution in [1.29, 1.82) is 0 Å². The lowest BCUT2D eigenvalue weighted by Crippen LogP contribution is -2.22. The molecule has 1 heterocycles. The molecule has 1 aliphatic rings. The van der Waals surface area contributed by atoms with E-state index >= 15 is 0 Å². The summed E-state index contributed by atoms with van der Waals surface area (Å²) in [5.41, 5.74) is 5.92. The van der Waals surface area contributed by atoms with E-state index in [0.717, 1.165) is 70.9 Å². The number of aryl methyl sites for hydroxylation is 2. The van der Waals surface area contributed by atoms with Crippen molar-refractivity contribution in [3.63, 3.8) is 0 Å². The molecule has 3 aromatic carbocycles.